The Morgan fingerprint density at radius 3 is 2.32 bits per heavy atom. The molecule has 0 aliphatic carbocycles. The second kappa shape index (κ2) is 8.36. The number of benzene rings is 2. The fourth-order valence-electron chi connectivity index (χ4n) is 2.01. The van der Waals surface area contributed by atoms with Gasteiger partial charge in [-0.2, -0.15) is 0 Å². The van der Waals surface area contributed by atoms with Gasteiger partial charge in [0, 0.05) is 16.3 Å². The quantitative estimate of drug-likeness (QED) is 0.314. The van der Waals surface area contributed by atoms with E-state index in [0.717, 1.165) is 21.5 Å². The smallest absolute Gasteiger partial charge is 0.244 e. The minimum absolute atomic E-state index is 0.412. The Morgan fingerprint density at radius 2 is 1.72 bits per heavy atom. The lowest BCUT2D eigenvalue weighted by Gasteiger charge is -2.18. The molecule has 0 heterocycles. The standard InChI is InChI=1S/C19H22BrNO3Si/c1-14(24-25(3,4)5)21-13-15-12-16(20)6-11-19(15)23-18-9-7-17(22-2)8-10-18/h6-13H,1H2,2-5H3. The second-order valence-corrected chi connectivity index (χ2v) is 11.7. The van der Waals surface area contributed by atoms with Gasteiger partial charge in [0.2, 0.25) is 8.32 Å². The van der Waals surface area contributed by atoms with E-state index in [0.29, 0.717) is 11.6 Å². The zero-order valence-corrected chi connectivity index (χ0v) is 17.5. The highest BCUT2D eigenvalue weighted by Gasteiger charge is 2.16. The number of hydrogen-bond acceptors (Lipinski definition) is 4. The SMILES string of the molecule is C=C(N=Cc1cc(Br)ccc1Oc1ccc(OC)cc1)O[Si](C)(C)C. The highest BCUT2D eigenvalue weighted by atomic mass is 79.9. The lowest BCUT2D eigenvalue weighted by molar-refractivity contribution is 0.412. The maximum Gasteiger partial charge on any atom is 0.244 e. The Hall–Kier alpha value is -2.05. The molecule has 2 rings (SSSR count). The molecule has 2 aromatic carbocycles. The van der Waals surface area contributed by atoms with Crippen LogP contribution < -0.4 is 9.47 Å². The summed E-state index contributed by atoms with van der Waals surface area (Å²) in [5.74, 6) is 2.60. The summed E-state index contributed by atoms with van der Waals surface area (Å²) < 4.78 is 17.8. The van der Waals surface area contributed by atoms with Gasteiger partial charge in [-0.25, -0.2) is 4.99 Å². The van der Waals surface area contributed by atoms with E-state index in [1.54, 1.807) is 13.3 Å². The molecule has 0 radical (unpaired) electrons. The summed E-state index contributed by atoms with van der Waals surface area (Å²) in [7, 11) is -0.0852. The Bertz CT molecular complexity index is 767. The molecule has 0 bridgehead atoms. The second-order valence-electron chi connectivity index (χ2n) is 6.33. The summed E-state index contributed by atoms with van der Waals surface area (Å²) in [5, 5.41) is 0. The van der Waals surface area contributed by atoms with E-state index in [1.807, 2.05) is 42.5 Å². The van der Waals surface area contributed by atoms with Crippen LogP contribution in [0.3, 0.4) is 0 Å². The molecular formula is C19H22BrNO3Si. The molecule has 0 saturated carbocycles. The molecule has 0 fully saturated rings. The Balaban J connectivity index is 2.20. The zero-order valence-electron chi connectivity index (χ0n) is 14.9. The van der Waals surface area contributed by atoms with Crippen LogP contribution in [-0.2, 0) is 4.43 Å². The Labute approximate surface area is 158 Å². The van der Waals surface area contributed by atoms with Gasteiger partial charge in [-0.15, -0.1) is 0 Å². The van der Waals surface area contributed by atoms with Gasteiger partial charge < -0.3 is 13.9 Å². The van der Waals surface area contributed by atoms with E-state index in [1.165, 1.54) is 0 Å². The van der Waals surface area contributed by atoms with E-state index < -0.39 is 8.32 Å². The first-order valence-corrected chi connectivity index (χ1v) is 12.0. The third kappa shape index (κ3) is 6.40. The first kappa shape index (κ1) is 19.3. The first-order chi connectivity index (χ1) is 11.8. The fraction of sp³-hybridized carbons (Fsp3) is 0.211. The minimum atomic E-state index is -1.72. The van der Waals surface area contributed by atoms with E-state index in [2.05, 4.69) is 47.1 Å². The van der Waals surface area contributed by atoms with Crippen LogP contribution in [-0.4, -0.2) is 21.6 Å². The number of methoxy groups -OCH3 is 1. The van der Waals surface area contributed by atoms with Gasteiger partial charge >= 0.3 is 0 Å². The van der Waals surface area contributed by atoms with Crippen molar-refractivity contribution in [2.24, 2.45) is 4.99 Å². The molecule has 0 amide bonds. The van der Waals surface area contributed by atoms with Crippen molar-refractivity contribution in [3.05, 3.63) is 65.0 Å². The van der Waals surface area contributed by atoms with Crippen molar-refractivity contribution in [3.8, 4) is 17.2 Å². The van der Waals surface area contributed by atoms with Crippen LogP contribution in [0.5, 0.6) is 17.2 Å². The molecule has 4 nitrogen and oxygen atoms in total. The first-order valence-electron chi connectivity index (χ1n) is 7.80. The van der Waals surface area contributed by atoms with Crippen LogP contribution in [0.4, 0.5) is 0 Å². The number of hydrogen-bond donors (Lipinski definition) is 0. The molecule has 6 heteroatoms. The predicted molar refractivity (Wildman–Crippen MR) is 108 cm³/mol. The van der Waals surface area contributed by atoms with E-state index >= 15 is 0 Å². The van der Waals surface area contributed by atoms with Crippen LogP contribution in [0, 0.1) is 0 Å². The van der Waals surface area contributed by atoms with E-state index in [4.69, 9.17) is 13.9 Å². The largest absolute Gasteiger partial charge is 0.532 e. The molecule has 2 aromatic rings. The average Bonchev–Trinajstić information content (AvgIpc) is 2.54. The van der Waals surface area contributed by atoms with Crippen molar-refractivity contribution in [3.63, 3.8) is 0 Å². The topological polar surface area (TPSA) is 40.0 Å². The van der Waals surface area contributed by atoms with Crippen molar-refractivity contribution in [2.75, 3.05) is 7.11 Å². The molecule has 0 saturated heterocycles. The molecule has 0 atom stereocenters. The summed E-state index contributed by atoms with van der Waals surface area (Å²) in [5.41, 5.74) is 0.825. The molecule has 0 aliphatic rings. The van der Waals surface area contributed by atoms with Crippen molar-refractivity contribution < 1.29 is 13.9 Å². The van der Waals surface area contributed by atoms with Gasteiger partial charge in [-0.1, -0.05) is 15.9 Å². The van der Waals surface area contributed by atoms with Crippen LogP contribution >= 0.6 is 15.9 Å². The average molecular weight is 420 g/mol. The Kier molecular flexibility index (Phi) is 6.44. The van der Waals surface area contributed by atoms with Gasteiger partial charge in [0.05, 0.1) is 7.11 Å². The fourth-order valence-corrected chi connectivity index (χ4v) is 3.14. The third-order valence-electron chi connectivity index (χ3n) is 3.03. The van der Waals surface area contributed by atoms with Gasteiger partial charge in [0.15, 0.2) is 5.88 Å². The van der Waals surface area contributed by atoms with Crippen LogP contribution in [0.15, 0.2) is 64.4 Å². The number of nitrogens with zero attached hydrogens (tertiary/aromatic N) is 1. The molecular weight excluding hydrogens is 398 g/mol. The molecule has 0 N–H and O–H groups in total. The lowest BCUT2D eigenvalue weighted by atomic mass is 10.2. The molecule has 0 spiro atoms. The van der Waals surface area contributed by atoms with E-state index in [9.17, 15) is 0 Å². The molecule has 25 heavy (non-hydrogen) atoms. The van der Waals surface area contributed by atoms with Crippen molar-refractivity contribution in [1.82, 2.24) is 0 Å². The van der Waals surface area contributed by atoms with Gasteiger partial charge in [0.25, 0.3) is 0 Å². The molecule has 0 unspecified atom stereocenters. The summed E-state index contributed by atoms with van der Waals surface area (Å²) in [6.45, 7) is 10.1. The molecule has 132 valence electrons. The minimum Gasteiger partial charge on any atom is -0.532 e. The summed E-state index contributed by atoms with van der Waals surface area (Å²) in [6, 6.07) is 13.2. The van der Waals surface area contributed by atoms with Crippen LogP contribution in [0.25, 0.3) is 0 Å². The highest BCUT2D eigenvalue weighted by Crippen LogP contribution is 2.28. The van der Waals surface area contributed by atoms with Crippen molar-refractivity contribution in [1.29, 1.82) is 0 Å². The molecule has 0 aromatic heterocycles. The highest BCUT2D eigenvalue weighted by molar-refractivity contribution is 9.10. The summed E-state index contributed by atoms with van der Waals surface area (Å²) in [4.78, 5) is 4.32. The van der Waals surface area contributed by atoms with Gasteiger partial charge in [-0.05, 0) is 68.7 Å². The lowest BCUT2D eigenvalue weighted by Crippen LogP contribution is -2.24. The van der Waals surface area contributed by atoms with Crippen molar-refractivity contribution in [2.45, 2.75) is 19.6 Å². The number of rotatable bonds is 7. The predicted octanol–water partition coefficient (Wildman–Crippen LogP) is 5.99. The normalized spacial score (nSPS) is 11.4. The van der Waals surface area contributed by atoms with Gasteiger partial charge in [-0.3, -0.25) is 0 Å². The Morgan fingerprint density at radius 1 is 1.08 bits per heavy atom. The maximum absolute atomic E-state index is 5.97. The summed E-state index contributed by atoms with van der Waals surface area (Å²) in [6.07, 6.45) is 1.70. The van der Waals surface area contributed by atoms with Crippen molar-refractivity contribution >= 4 is 30.5 Å². The summed E-state index contributed by atoms with van der Waals surface area (Å²) >= 11 is 3.48. The number of aliphatic imine (C=N–C) groups is 1. The van der Waals surface area contributed by atoms with Crippen LogP contribution in [0.1, 0.15) is 5.56 Å². The molecule has 0 aliphatic heterocycles. The van der Waals surface area contributed by atoms with Crippen LogP contribution in [0.2, 0.25) is 19.6 Å². The van der Waals surface area contributed by atoms with E-state index in [-0.39, 0.29) is 0 Å². The maximum atomic E-state index is 5.97. The zero-order chi connectivity index (χ0) is 18.4. The number of halogens is 1. The third-order valence-corrected chi connectivity index (χ3v) is 4.37. The number of ether oxygens (including phenoxy) is 2. The monoisotopic (exact) mass is 419 g/mol. The van der Waals surface area contributed by atoms with Gasteiger partial charge in [0.1, 0.15) is 17.2 Å².